The first-order chi connectivity index (χ1) is 12.7. The van der Waals surface area contributed by atoms with E-state index in [1.54, 1.807) is 24.8 Å². The van der Waals surface area contributed by atoms with Gasteiger partial charge in [-0.2, -0.15) is 0 Å². The molecule has 0 fully saturated rings. The lowest BCUT2D eigenvalue weighted by molar-refractivity contribution is 0.0948. The Bertz CT molecular complexity index is 1060. The lowest BCUT2D eigenvalue weighted by Crippen LogP contribution is -2.24. The fourth-order valence-corrected chi connectivity index (χ4v) is 2.87. The van der Waals surface area contributed by atoms with E-state index in [4.69, 9.17) is 0 Å². The van der Waals surface area contributed by atoms with Crippen molar-refractivity contribution < 1.29 is 4.79 Å². The van der Waals surface area contributed by atoms with Crippen LogP contribution < -0.4 is 5.32 Å². The van der Waals surface area contributed by atoms with Gasteiger partial charge in [-0.15, -0.1) is 0 Å². The maximum absolute atomic E-state index is 12.8. The molecule has 4 aromatic rings. The van der Waals surface area contributed by atoms with Gasteiger partial charge in [0, 0.05) is 55.5 Å². The number of fused-ring (bicyclic) bond motifs is 1. The van der Waals surface area contributed by atoms with Crippen molar-refractivity contribution in [1.29, 1.82) is 0 Å². The van der Waals surface area contributed by atoms with E-state index in [2.05, 4.69) is 20.3 Å². The van der Waals surface area contributed by atoms with Gasteiger partial charge in [-0.1, -0.05) is 6.07 Å². The monoisotopic (exact) mass is 343 g/mol. The smallest absolute Gasteiger partial charge is 0.270 e. The van der Waals surface area contributed by atoms with Crippen molar-refractivity contribution in [3.05, 3.63) is 78.6 Å². The predicted molar refractivity (Wildman–Crippen MR) is 99.4 cm³/mol. The molecule has 128 valence electrons. The number of hydrogen-bond donors (Lipinski definition) is 1. The molecule has 0 aromatic carbocycles. The van der Waals surface area contributed by atoms with Crippen LogP contribution in [0.5, 0.6) is 0 Å². The van der Waals surface area contributed by atoms with Crippen molar-refractivity contribution in [2.45, 2.75) is 6.54 Å². The molecule has 4 heterocycles. The summed E-state index contributed by atoms with van der Waals surface area (Å²) in [4.78, 5) is 25.6. The quantitative estimate of drug-likeness (QED) is 0.618. The van der Waals surface area contributed by atoms with E-state index in [1.165, 1.54) is 0 Å². The van der Waals surface area contributed by atoms with Crippen molar-refractivity contribution in [1.82, 2.24) is 24.8 Å². The number of nitrogens with zero attached hydrogens (tertiary/aromatic N) is 4. The highest BCUT2D eigenvalue weighted by molar-refractivity contribution is 6.05. The lowest BCUT2D eigenvalue weighted by Gasteiger charge is -2.09. The van der Waals surface area contributed by atoms with Crippen molar-refractivity contribution in [3.8, 4) is 11.3 Å². The molecule has 0 radical (unpaired) electrons. The number of carbonyl (C=O) groups excluding carboxylic acids is 1. The van der Waals surface area contributed by atoms with Gasteiger partial charge in [-0.05, 0) is 35.9 Å². The maximum atomic E-state index is 12.8. The van der Waals surface area contributed by atoms with Crippen LogP contribution in [0, 0.1) is 0 Å². The van der Waals surface area contributed by atoms with E-state index in [9.17, 15) is 4.79 Å². The number of amides is 1. The Balaban J connectivity index is 1.72. The first-order valence-corrected chi connectivity index (χ1v) is 8.26. The molecule has 0 bridgehead atoms. The molecule has 4 rings (SSSR count). The third-order valence-electron chi connectivity index (χ3n) is 4.23. The van der Waals surface area contributed by atoms with Crippen LogP contribution in [0.15, 0.2) is 67.4 Å². The molecule has 0 aliphatic carbocycles. The second-order valence-corrected chi connectivity index (χ2v) is 6.00. The van der Waals surface area contributed by atoms with Gasteiger partial charge in [-0.25, -0.2) is 4.98 Å². The average Bonchev–Trinajstić information content (AvgIpc) is 3.08. The SMILES string of the molecule is Cn1ccc2c(C(=O)NCc3cccnc3)nc(-c3cccnc3)cc21. The Morgan fingerprint density at radius 3 is 2.65 bits per heavy atom. The molecular weight excluding hydrogens is 326 g/mol. The van der Waals surface area contributed by atoms with Crippen molar-refractivity contribution in [3.63, 3.8) is 0 Å². The summed E-state index contributed by atoms with van der Waals surface area (Å²) >= 11 is 0. The van der Waals surface area contributed by atoms with Crippen LogP contribution >= 0.6 is 0 Å². The maximum Gasteiger partial charge on any atom is 0.270 e. The van der Waals surface area contributed by atoms with E-state index < -0.39 is 0 Å². The van der Waals surface area contributed by atoms with Crippen molar-refractivity contribution in [2.24, 2.45) is 7.05 Å². The molecular formula is C20H17N5O. The summed E-state index contributed by atoms with van der Waals surface area (Å²) in [7, 11) is 1.95. The Labute approximate surface area is 150 Å². The zero-order valence-electron chi connectivity index (χ0n) is 14.3. The molecule has 4 aromatic heterocycles. The molecule has 6 nitrogen and oxygen atoms in total. The molecule has 0 unspecified atom stereocenters. The second kappa shape index (κ2) is 6.76. The van der Waals surface area contributed by atoms with Crippen LogP contribution in [-0.2, 0) is 13.6 Å². The van der Waals surface area contributed by atoms with Gasteiger partial charge in [0.1, 0.15) is 5.69 Å². The number of aryl methyl sites for hydroxylation is 1. The summed E-state index contributed by atoms with van der Waals surface area (Å²) in [5.41, 5.74) is 3.89. The predicted octanol–water partition coefficient (Wildman–Crippen LogP) is 2.96. The largest absolute Gasteiger partial charge is 0.350 e. The minimum absolute atomic E-state index is 0.212. The highest BCUT2D eigenvalue weighted by Crippen LogP contribution is 2.25. The average molecular weight is 343 g/mol. The summed E-state index contributed by atoms with van der Waals surface area (Å²) in [5, 5.41) is 3.75. The molecule has 1 amide bonds. The molecule has 1 N–H and O–H groups in total. The number of carbonyl (C=O) groups is 1. The minimum atomic E-state index is -0.212. The van der Waals surface area contributed by atoms with Crippen LogP contribution in [0.1, 0.15) is 16.1 Å². The summed E-state index contributed by atoms with van der Waals surface area (Å²) in [5.74, 6) is -0.212. The number of pyridine rings is 3. The summed E-state index contributed by atoms with van der Waals surface area (Å²) < 4.78 is 1.98. The number of rotatable bonds is 4. The zero-order valence-corrected chi connectivity index (χ0v) is 14.3. The van der Waals surface area contributed by atoms with Crippen molar-refractivity contribution >= 4 is 16.8 Å². The highest BCUT2D eigenvalue weighted by atomic mass is 16.1. The van der Waals surface area contributed by atoms with Crippen LogP contribution in [-0.4, -0.2) is 25.4 Å². The van der Waals surface area contributed by atoms with E-state index >= 15 is 0 Å². The molecule has 0 spiro atoms. The standard InChI is InChI=1S/C20H17N5O/c1-25-9-6-16-18(25)10-17(15-5-3-8-22-13-15)24-19(16)20(26)23-12-14-4-2-7-21-11-14/h2-11,13H,12H2,1H3,(H,23,26). The molecule has 0 aliphatic rings. The van der Waals surface area contributed by atoms with Gasteiger partial charge >= 0.3 is 0 Å². The Kier molecular flexibility index (Phi) is 4.15. The Morgan fingerprint density at radius 2 is 1.92 bits per heavy atom. The van der Waals surface area contributed by atoms with Gasteiger partial charge in [0.25, 0.3) is 5.91 Å². The van der Waals surface area contributed by atoms with E-state index in [1.807, 2.05) is 54.2 Å². The first-order valence-electron chi connectivity index (χ1n) is 8.26. The van der Waals surface area contributed by atoms with Gasteiger partial charge < -0.3 is 9.88 Å². The normalized spacial score (nSPS) is 10.8. The lowest BCUT2D eigenvalue weighted by atomic mass is 10.1. The molecule has 0 aliphatic heterocycles. The van der Waals surface area contributed by atoms with Crippen LogP contribution in [0.4, 0.5) is 0 Å². The number of hydrogen-bond acceptors (Lipinski definition) is 4. The van der Waals surface area contributed by atoms with Crippen LogP contribution in [0.2, 0.25) is 0 Å². The molecule has 0 saturated carbocycles. The molecule has 26 heavy (non-hydrogen) atoms. The topological polar surface area (TPSA) is 72.7 Å². The van der Waals surface area contributed by atoms with Gasteiger partial charge in [0.2, 0.25) is 0 Å². The fraction of sp³-hybridized carbons (Fsp3) is 0.100. The third-order valence-corrected chi connectivity index (χ3v) is 4.23. The number of aromatic nitrogens is 4. The highest BCUT2D eigenvalue weighted by Gasteiger charge is 2.16. The van der Waals surface area contributed by atoms with E-state index in [0.29, 0.717) is 12.2 Å². The summed E-state index contributed by atoms with van der Waals surface area (Å²) in [6, 6.07) is 11.4. The Morgan fingerprint density at radius 1 is 1.12 bits per heavy atom. The number of nitrogens with one attached hydrogen (secondary N) is 1. The van der Waals surface area contributed by atoms with Gasteiger partial charge in [0.15, 0.2) is 0 Å². The second-order valence-electron chi connectivity index (χ2n) is 6.00. The summed E-state index contributed by atoms with van der Waals surface area (Å²) in [6.07, 6.45) is 8.83. The van der Waals surface area contributed by atoms with Crippen LogP contribution in [0.3, 0.4) is 0 Å². The molecule has 0 saturated heterocycles. The van der Waals surface area contributed by atoms with Gasteiger partial charge in [-0.3, -0.25) is 14.8 Å². The Hall–Kier alpha value is -3.54. The first kappa shape index (κ1) is 16.0. The van der Waals surface area contributed by atoms with Crippen molar-refractivity contribution in [2.75, 3.05) is 0 Å². The minimum Gasteiger partial charge on any atom is -0.350 e. The summed E-state index contributed by atoms with van der Waals surface area (Å²) in [6.45, 7) is 0.403. The zero-order chi connectivity index (χ0) is 17.9. The van der Waals surface area contributed by atoms with E-state index in [-0.39, 0.29) is 5.91 Å². The molecule has 6 heteroatoms. The van der Waals surface area contributed by atoms with Crippen LogP contribution in [0.25, 0.3) is 22.2 Å². The molecule has 0 atom stereocenters. The van der Waals surface area contributed by atoms with E-state index in [0.717, 1.165) is 27.7 Å². The fourth-order valence-electron chi connectivity index (χ4n) is 2.87. The van der Waals surface area contributed by atoms with Gasteiger partial charge in [0.05, 0.1) is 11.2 Å². The third kappa shape index (κ3) is 3.04.